The normalized spacial score (nSPS) is 13.7. The average molecular weight is 394 g/mol. The first-order chi connectivity index (χ1) is 12.0. The lowest BCUT2D eigenvalue weighted by atomic mass is 10.0. The maximum atomic E-state index is 12.8. The molecule has 1 aromatic carbocycles. The van der Waals surface area contributed by atoms with E-state index in [1.165, 1.54) is 22.4 Å². The highest BCUT2D eigenvalue weighted by atomic mass is 35.5. The highest BCUT2D eigenvalue weighted by molar-refractivity contribution is 7.17. The fourth-order valence-corrected chi connectivity index (χ4v) is 4.74. The number of anilines is 1. The van der Waals surface area contributed by atoms with Crippen molar-refractivity contribution in [1.82, 2.24) is 9.38 Å². The fourth-order valence-electron chi connectivity index (χ4n) is 3.05. The van der Waals surface area contributed by atoms with Gasteiger partial charge in [-0.3, -0.25) is 14.0 Å². The van der Waals surface area contributed by atoms with Crippen LogP contribution >= 0.6 is 34.5 Å². The van der Waals surface area contributed by atoms with Crippen LogP contribution in [0.3, 0.4) is 0 Å². The van der Waals surface area contributed by atoms with Gasteiger partial charge in [-0.1, -0.05) is 23.2 Å². The third-order valence-corrected chi connectivity index (χ3v) is 5.76. The molecule has 128 valence electrons. The Bertz CT molecular complexity index is 1040. The molecule has 1 amide bonds. The Morgan fingerprint density at radius 2 is 1.88 bits per heavy atom. The van der Waals surface area contributed by atoms with Gasteiger partial charge in [-0.05, 0) is 43.9 Å². The number of aromatic nitrogens is 2. The molecule has 1 aliphatic carbocycles. The van der Waals surface area contributed by atoms with Gasteiger partial charge in [0, 0.05) is 32.5 Å². The van der Waals surface area contributed by atoms with Crippen LogP contribution in [-0.4, -0.2) is 15.3 Å². The molecule has 0 aliphatic heterocycles. The van der Waals surface area contributed by atoms with Crippen LogP contribution in [0.25, 0.3) is 4.96 Å². The van der Waals surface area contributed by atoms with Crippen LogP contribution < -0.4 is 10.9 Å². The summed E-state index contributed by atoms with van der Waals surface area (Å²) in [6.45, 7) is 0. The van der Waals surface area contributed by atoms with Crippen molar-refractivity contribution in [3.8, 4) is 0 Å². The summed E-state index contributed by atoms with van der Waals surface area (Å²) in [4.78, 5) is 31.5. The number of amides is 1. The molecule has 3 aromatic rings. The third-order valence-electron chi connectivity index (χ3n) is 4.17. The van der Waals surface area contributed by atoms with E-state index in [0.717, 1.165) is 31.4 Å². The molecule has 5 nitrogen and oxygen atoms in total. The van der Waals surface area contributed by atoms with E-state index in [9.17, 15) is 9.59 Å². The summed E-state index contributed by atoms with van der Waals surface area (Å²) in [6, 6.07) is 4.71. The molecular formula is C17H13Cl2N3O2S. The number of halogens is 2. The summed E-state index contributed by atoms with van der Waals surface area (Å²) in [5.41, 5.74) is 1.08. The molecule has 0 atom stereocenters. The van der Waals surface area contributed by atoms with Crippen molar-refractivity contribution in [1.29, 1.82) is 0 Å². The predicted octanol–water partition coefficient (Wildman–Crippen LogP) is 4.19. The average Bonchev–Trinajstić information content (AvgIpc) is 2.93. The summed E-state index contributed by atoms with van der Waals surface area (Å²) in [5, 5.41) is 3.47. The second kappa shape index (κ2) is 6.44. The summed E-state index contributed by atoms with van der Waals surface area (Å²) in [6.07, 6.45) is 5.30. The van der Waals surface area contributed by atoms with Crippen LogP contribution in [0, 0.1) is 0 Å². The maximum absolute atomic E-state index is 12.8. The first-order valence-electron chi connectivity index (χ1n) is 7.82. The number of rotatable bonds is 2. The van der Waals surface area contributed by atoms with E-state index in [4.69, 9.17) is 23.2 Å². The van der Waals surface area contributed by atoms with E-state index in [0.29, 0.717) is 20.7 Å². The molecule has 8 heteroatoms. The van der Waals surface area contributed by atoms with Crippen molar-refractivity contribution >= 4 is 51.1 Å². The smallest absolute Gasteiger partial charge is 0.271 e. The van der Waals surface area contributed by atoms with E-state index < -0.39 is 5.91 Å². The van der Waals surface area contributed by atoms with Gasteiger partial charge in [-0.15, -0.1) is 11.3 Å². The molecule has 4 rings (SSSR count). The molecule has 2 aromatic heterocycles. The van der Waals surface area contributed by atoms with Gasteiger partial charge in [-0.2, -0.15) is 0 Å². The first kappa shape index (κ1) is 16.6. The first-order valence-corrected chi connectivity index (χ1v) is 9.40. The van der Waals surface area contributed by atoms with Gasteiger partial charge in [0.15, 0.2) is 4.96 Å². The van der Waals surface area contributed by atoms with E-state index in [1.54, 1.807) is 22.6 Å². The number of carbonyl (C=O) groups is 1. The van der Waals surface area contributed by atoms with Crippen LogP contribution in [0.15, 0.2) is 29.2 Å². The number of nitrogens with zero attached hydrogens (tertiary/aromatic N) is 2. The van der Waals surface area contributed by atoms with Gasteiger partial charge < -0.3 is 5.32 Å². The Kier molecular flexibility index (Phi) is 4.27. The summed E-state index contributed by atoms with van der Waals surface area (Å²) in [5.74, 6) is -0.527. The quantitative estimate of drug-likeness (QED) is 0.709. The highest BCUT2D eigenvalue weighted by Crippen LogP contribution is 2.28. The Hall–Kier alpha value is -1.89. The van der Waals surface area contributed by atoms with E-state index >= 15 is 0 Å². The molecule has 25 heavy (non-hydrogen) atoms. The molecule has 0 spiro atoms. The highest BCUT2D eigenvalue weighted by Gasteiger charge is 2.21. The fraction of sp³-hybridized carbons (Fsp3) is 0.235. The number of fused-ring (bicyclic) bond motifs is 3. The molecule has 0 unspecified atom stereocenters. The SMILES string of the molecule is O=C(Nc1cc(Cl)cc(Cl)c1)c1cnc2sc3c(n2c1=O)CCCC3. The van der Waals surface area contributed by atoms with Gasteiger partial charge >= 0.3 is 0 Å². The number of thiazole rings is 1. The van der Waals surface area contributed by atoms with Crippen molar-refractivity contribution in [2.45, 2.75) is 25.7 Å². The molecule has 2 heterocycles. The zero-order valence-electron chi connectivity index (χ0n) is 13.0. The number of hydrogen-bond donors (Lipinski definition) is 1. The monoisotopic (exact) mass is 393 g/mol. The van der Waals surface area contributed by atoms with Gasteiger partial charge in [0.1, 0.15) is 5.56 Å². The van der Waals surface area contributed by atoms with Gasteiger partial charge in [0.2, 0.25) is 0 Å². The Morgan fingerprint density at radius 3 is 2.64 bits per heavy atom. The lowest BCUT2D eigenvalue weighted by Crippen LogP contribution is -2.27. The number of hydrogen-bond acceptors (Lipinski definition) is 4. The molecule has 0 bridgehead atoms. The standard InChI is InChI=1S/C17H13Cl2N3O2S/c18-9-5-10(19)7-11(6-9)21-15(23)12-8-20-17-22(16(12)24)13-3-1-2-4-14(13)25-17/h5-8H,1-4H2,(H,21,23). The van der Waals surface area contributed by atoms with E-state index in [1.807, 2.05) is 0 Å². The summed E-state index contributed by atoms with van der Waals surface area (Å²) >= 11 is 13.4. The minimum atomic E-state index is -0.527. The van der Waals surface area contributed by atoms with Crippen LogP contribution in [-0.2, 0) is 12.8 Å². The van der Waals surface area contributed by atoms with Gasteiger partial charge in [0.05, 0.1) is 0 Å². The van der Waals surface area contributed by atoms with Crippen LogP contribution in [0.4, 0.5) is 5.69 Å². The maximum Gasteiger partial charge on any atom is 0.271 e. The minimum Gasteiger partial charge on any atom is -0.322 e. The lowest BCUT2D eigenvalue weighted by molar-refractivity contribution is 0.102. The molecule has 1 aliphatic rings. The Morgan fingerprint density at radius 1 is 1.16 bits per heavy atom. The third kappa shape index (κ3) is 3.05. The number of carbonyl (C=O) groups excluding carboxylic acids is 1. The molecule has 1 N–H and O–H groups in total. The molecular weight excluding hydrogens is 381 g/mol. The zero-order chi connectivity index (χ0) is 17.6. The number of aryl methyl sites for hydroxylation is 2. The van der Waals surface area contributed by atoms with Gasteiger partial charge in [0.25, 0.3) is 11.5 Å². The second-order valence-electron chi connectivity index (χ2n) is 5.89. The van der Waals surface area contributed by atoms with Crippen molar-refractivity contribution in [2.75, 3.05) is 5.32 Å². The van der Waals surface area contributed by atoms with Crippen LogP contribution in [0.5, 0.6) is 0 Å². The van der Waals surface area contributed by atoms with Crippen LogP contribution in [0.1, 0.15) is 33.8 Å². The van der Waals surface area contributed by atoms with Crippen molar-refractivity contribution in [2.24, 2.45) is 0 Å². The van der Waals surface area contributed by atoms with Crippen molar-refractivity contribution in [3.05, 3.63) is 60.9 Å². The Balaban J connectivity index is 1.74. The molecule has 0 saturated heterocycles. The lowest BCUT2D eigenvalue weighted by Gasteiger charge is -2.10. The Labute approximate surface area is 157 Å². The van der Waals surface area contributed by atoms with Gasteiger partial charge in [-0.25, -0.2) is 4.98 Å². The van der Waals surface area contributed by atoms with E-state index in [2.05, 4.69) is 10.3 Å². The van der Waals surface area contributed by atoms with E-state index in [-0.39, 0.29) is 11.1 Å². The van der Waals surface area contributed by atoms with Crippen molar-refractivity contribution < 1.29 is 4.79 Å². The summed E-state index contributed by atoms with van der Waals surface area (Å²) < 4.78 is 1.58. The van der Waals surface area contributed by atoms with Crippen LogP contribution in [0.2, 0.25) is 10.0 Å². The minimum absolute atomic E-state index is 0.000212. The molecule has 0 fully saturated rings. The predicted molar refractivity (Wildman–Crippen MR) is 100 cm³/mol. The summed E-state index contributed by atoms with van der Waals surface area (Å²) in [7, 11) is 0. The largest absolute Gasteiger partial charge is 0.322 e. The topological polar surface area (TPSA) is 63.5 Å². The number of benzene rings is 1. The zero-order valence-corrected chi connectivity index (χ0v) is 15.3. The van der Waals surface area contributed by atoms with Crippen molar-refractivity contribution in [3.63, 3.8) is 0 Å². The second-order valence-corrected chi connectivity index (χ2v) is 7.82. The molecule has 0 radical (unpaired) electrons. The number of nitrogens with one attached hydrogen (secondary N) is 1. The molecule has 0 saturated carbocycles.